The zero-order chi connectivity index (χ0) is 20.7. The number of anilines is 1. The molecule has 1 aromatic rings. The minimum Gasteiger partial charge on any atom is -0.311 e. The van der Waals surface area contributed by atoms with Gasteiger partial charge in [0, 0.05) is 28.5 Å². The fourth-order valence-electron chi connectivity index (χ4n) is 5.54. The third-order valence-corrected chi connectivity index (χ3v) is 7.66. The Kier molecular flexibility index (Phi) is 8.65. The van der Waals surface area contributed by atoms with Crippen molar-refractivity contribution in [1.29, 1.82) is 0 Å². The molecule has 1 aliphatic heterocycles. The van der Waals surface area contributed by atoms with E-state index in [-0.39, 0.29) is 5.41 Å². The van der Waals surface area contributed by atoms with Gasteiger partial charge in [-0.25, -0.2) is 0 Å². The molecule has 0 bridgehead atoms. The second-order valence-electron chi connectivity index (χ2n) is 9.78. The topological polar surface area (TPSA) is 20.3 Å². The SMILES string of the molecule is CCCCCCCC(=O)N1CC(C)(CC2CCCCCCC2)c2cc(Br)ccc21. The molecule has 2 nitrogen and oxygen atoms in total. The first-order valence-corrected chi connectivity index (χ1v) is 12.9. The summed E-state index contributed by atoms with van der Waals surface area (Å²) >= 11 is 3.68. The molecule has 0 saturated heterocycles. The predicted molar refractivity (Wildman–Crippen MR) is 128 cm³/mol. The molecule has 0 radical (unpaired) electrons. The Morgan fingerprint density at radius 2 is 1.76 bits per heavy atom. The second-order valence-corrected chi connectivity index (χ2v) is 10.7. The number of halogens is 1. The van der Waals surface area contributed by atoms with Crippen molar-refractivity contribution >= 4 is 27.5 Å². The molecule has 1 amide bonds. The predicted octanol–water partition coefficient (Wildman–Crippen LogP) is 8.16. The first kappa shape index (κ1) is 22.8. The third-order valence-electron chi connectivity index (χ3n) is 7.17. The van der Waals surface area contributed by atoms with Crippen LogP contribution in [0.5, 0.6) is 0 Å². The van der Waals surface area contributed by atoms with E-state index in [1.54, 1.807) is 0 Å². The Morgan fingerprint density at radius 3 is 2.48 bits per heavy atom. The first-order valence-electron chi connectivity index (χ1n) is 12.1. The molecule has 3 rings (SSSR count). The molecule has 0 spiro atoms. The zero-order valence-corrected chi connectivity index (χ0v) is 20.2. The molecule has 1 aromatic carbocycles. The number of unbranched alkanes of at least 4 members (excludes halogenated alkanes) is 4. The largest absolute Gasteiger partial charge is 0.311 e. The molecular formula is C26H40BrNO. The van der Waals surface area contributed by atoms with Gasteiger partial charge in [0.1, 0.15) is 0 Å². The number of carbonyl (C=O) groups is 1. The van der Waals surface area contributed by atoms with Crippen LogP contribution in [-0.2, 0) is 10.2 Å². The number of hydrogen-bond acceptors (Lipinski definition) is 1. The van der Waals surface area contributed by atoms with E-state index < -0.39 is 0 Å². The van der Waals surface area contributed by atoms with E-state index in [0.29, 0.717) is 12.3 Å². The molecule has 1 fully saturated rings. The summed E-state index contributed by atoms with van der Waals surface area (Å²) in [4.78, 5) is 15.2. The normalized spacial score (nSPS) is 22.9. The third kappa shape index (κ3) is 6.09. The van der Waals surface area contributed by atoms with Gasteiger partial charge in [0.2, 0.25) is 5.91 Å². The fourth-order valence-corrected chi connectivity index (χ4v) is 5.90. The summed E-state index contributed by atoms with van der Waals surface area (Å²) in [6.45, 7) is 5.51. The molecule has 1 saturated carbocycles. The minimum atomic E-state index is 0.0842. The van der Waals surface area contributed by atoms with Crippen molar-refractivity contribution in [3.63, 3.8) is 0 Å². The highest BCUT2D eigenvalue weighted by molar-refractivity contribution is 9.10. The van der Waals surface area contributed by atoms with Crippen molar-refractivity contribution in [2.75, 3.05) is 11.4 Å². The lowest BCUT2D eigenvalue weighted by Gasteiger charge is -2.31. The summed E-state index contributed by atoms with van der Waals surface area (Å²) in [6.07, 6.45) is 17.6. The van der Waals surface area contributed by atoms with Gasteiger partial charge in [-0.1, -0.05) is 100 Å². The van der Waals surface area contributed by atoms with Crippen molar-refractivity contribution in [1.82, 2.24) is 0 Å². The monoisotopic (exact) mass is 461 g/mol. The van der Waals surface area contributed by atoms with E-state index in [2.05, 4.69) is 52.9 Å². The number of carbonyl (C=O) groups excluding carboxylic acids is 1. The molecule has 2 aliphatic rings. The molecule has 1 atom stereocenters. The average molecular weight is 463 g/mol. The van der Waals surface area contributed by atoms with E-state index in [1.165, 1.54) is 88.3 Å². The fraction of sp³-hybridized carbons (Fsp3) is 0.731. The summed E-state index contributed by atoms with van der Waals surface area (Å²) in [5.74, 6) is 1.13. The lowest BCUT2D eigenvalue weighted by Crippen LogP contribution is -2.36. The van der Waals surface area contributed by atoms with Gasteiger partial charge in [-0.15, -0.1) is 0 Å². The van der Waals surface area contributed by atoms with Crippen LogP contribution in [0, 0.1) is 5.92 Å². The maximum Gasteiger partial charge on any atom is 0.227 e. The van der Waals surface area contributed by atoms with E-state index in [4.69, 9.17) is 0 Å². The molecular weight excluding hydrogens is 422 g/mol. The van der Waals surface area contributed by atoms with E-state index in [0.717, 1.165) is 23.4 Å². The van der Waals surface area contributed by atoms with Crippen LogP contribution >= 0.6 is 15.9 Å². The van der Waals surface area contributed by atoms with E-state index in [1.807, 2.05) is 0 Å². The van der Waals surface area contributed by atoms with Crippen molar-refractivity contribution in [3.8, 4) is 0 Å². The van der Waals surface area contributed by atoms with Crippen LogP contribution in [0.4, 0.5) is 5.69 Å². The Morgan fingerprint density at radius 1 is 1.07 bits per heavy atom. The van der Waals surface area contributed by atoms with Crippen LogP contribution in [0.15, 0.2) is 22.7 Å². The second kappa shape index (κ2) is 11.0. The highest BCUT2D eigenvalue weighted by Crippen LogP contribution is 2.47. The molecule has 1 heterocycles. The van der Waals surface area contributed by atoms with Crippen molar-refractivity contribution in [3.05, 3.63) is 28.2 Å². The average Bonchev–Trinajstić information content (AvgIpc) is 2.96. The van der Waals surface area contributed by atoms with Gasteiger partial charge in [-0.3, -0.25) is 4.79 Å². The van der Waals surface area contributed by atoms with Gasteiger partial charge >= 0.3 is 0 Å². The molecule has 3 heteroatoms. The summed E-state index contributed by atoms with van der Waals surface area (Å²) in [5.41, 5.74) is 2.63. The number of fused-ring (bicyclic) bond motifs is 1. The number of amides is 1. The number of benzene rings is 1. The Labute approximate surface area is 187 Å². The summed E-state index contributed by atoms with van der Waals surface area (Å²) in [6, 6.07) is 6.55. The molecule has 162 valence electrons. The summed E-state index contributed by atoms with van der Waals surface area (Å²) in [5, 5.41) is 0. The van der Waals surface area contributed by atoms with Gasteiger partial charge in [0.25, 0.3) is 0 Å². The smallest absolute Gasteiger partial charge is 0.227 e. The minimum absolute atomic E-state index is 0.0842. The molecule has 29 heavy (non-hydrogen) atoms. The van der Waals surface area contributed by atoms with Gasteiger partial charge in [-0.2, -0.15) is 0 Å². The van der Waals surface area contributed by atoms with Crippen molar-refractivity contribution in [2.24, 2.45) is 5.92 Å². The summed E-state index contributed by atoms with van der Waals surface area (Å²) < 4.78 is 1.13. The quantitative estimate of drug-likeness (QED) is 0.357. The van der Waals surface area contributed by atoms with Crippen LogP contribution < -0.4 is 4.90 Å². The number of hydrogen-bond donors (Lipinski definition) is 0. The lowest BCUT2D eigenvalue weighted by atomic mass is 9.74. The maximum atomic E-state index is 13.1. The molecule has 1 unspecified atom stereocenters. The summed E-state index contributed by atoms with van der Waals surface area (Å²) in [7, 11) is 0. The maximum absolute atomic E-state index is 13.1. The van der Waals surface area contributed by atoms with Gasteiger partial charge in [0.05, 0.1) is 0 Å². The van der Waals surface area contributed by atoms with Crippen LogP contribution in [0.2, 0.25) is 0 Å². The lowest BCUT2D eigenvalue weighted by molar-refractivity contribution is -0.118. The van der Waals surface area contributed by atoms with Gasteiger partial charge < -0.3 is 4.90 Å². The Bertz CT molecular complexity index is 665. The van der Waals surface area contributed by atoms with Gasteiger partial charge in [-0.05, 0) is 42.5 Å². The van der Waals surface area contributed by atoms with Crippen molar-refractivity contribution in [2.45, 2.75) is 109 Å². The zero-order valence-electron chi connectivity index (χ0n) is 18.6. The van der Waals surface area contributed by atoms with E-state index >= 15 is 0 Å². The molecule has 1 aliphatic carbocycles. The number of nitrogens with zero attached hydrogens (tertiary/aromatic N) is 1. The van der Waals surface area contributed by atoms with Crippen LogP contribution in [0.1, 0.15) is 109 Å². The highest BCUT2D eigenvalue weighted by Gasteiger charge is 2.42. The Hall–Kier alpha value is -0.830. The Balaban J connectivity index is 1.70. The molecule has 0 aromatic heterocycles. The van der Waals surface area contributed by atoms with Gasteiger partial charge in [0.15, 0.2) is 0 Å². The first-order chi connectivity index (χ1) is 14.0. The van der Waals surface area contributed by atoms with Crippen molar-refractivity contribution < 1.29 is 4.79 Å². The van der Waals surface area contributed by atoms with E-state index in [9.17, 15) is 4.79 Å². The number of rotatable bonds is 8. The van der Waals surface area contributed by atoms with Crippen LogP contribution in [0.3, 0.4) is 0 Å². The molecule has 0 N–H and O–H groups in total. The van der Waals surface area contributed by atoms with Crippen LogP contribution in [-0.4, -0.2) is 12.5 Å². The van der Waals surface area contributed by atoms with Crippen LogP contribution in [0.25, 0.3) is 0 Å². The standard InChI is InChI=1S/C26H40BrNO/c1-3-4-5-7-12-15-25(29)28-20-26(2,23-18-22(27)16-17-24(23)28)19-21-13-10-8-6-9-11-14-21/h16-18,21H,3-15,19-20H2,1-2H3. The highest BCUT2D eigenvalue weighted by atomic mass is 79.9.